The van der Waals surface area contributed by atoms with Gasteiger partial charge in [0.1, 0.15) is 11.7 Å². The molecule has 0 amide bonds. The standard InChI is InChI=1S/C24H27NO6S/c1-4-30-22-12-7-6-11-19(22)20-14-17(15-21(26)23(20)24(27)31-5-2)16-9-8-10-18(13-16)25-32(3,28)29/h6-13,15,20,23,25H,4-5,14H2,1-3H3/t20-,23+/m0/s1. The molecule has 3 rings (SSSR count). The summed E-state index contributed by atoms with van der Waals surface area (Å²) in [6.45, 7) is 4.20. The average molecular weight is 458 g/mol. The van der Waals surface area contributed by atoms with Crippen LogP contribution in [0.25, 0.3) is 5.57 Å². The number of allylic oxidation sites excluding steroid dienone is 2. The highest BCUT2D eigenvalue weighted by Gasteiger charge is 2.41. The van der Waals surface area contributed by atoms with Crippen LogP contribution in [0.2, 0.25) is 0 Å². The number of benzene rings is 2. The van der Waals surface area contributed by atoms with Gasteiger partial charge in [-0.25, -0.2) is 8.42 Å². The smallest absolute Gasteiger partial charge is 0.317 e. The zero-order valence-corrected chi connectivity index (χ0v) is 19.1. The molecule has 1 aliphatic carbocycles. The predicted molar refractivity (Wildman–Crippen MR) is 123 cm³/mol. The summed E-state index contributed by atoms with van der Waals surface area (Å²) >= 11 is 0. The van der Waals surface area contributed by atoms with E-state index in [4.69, 9.17) is 9.47 Å². The number of sulfonamides is 1. The number of carbonyl (C=O) groups excluding carboxylic acids is 2. The molecular weight excluding hydrogens is 430 g/mol. The zero-order chi connectivity index (χ0) is 23.3. The van der Waals surface area contributed by atoms with E-state index in [1.807, 2.05) is 37.3 Å². The first-order chi connectivity index (χ1) is 15.2. The molecule has 7 nitrogen and oxygen atoms in total. The van der Waals surface area contributed by atoms with Crippen LogP contribution in [-0.2, 0) is 24.3 Å². The van der Waals surface area contributed by atoms with Crippen LogP contribution in [0.3, 0.4) is 0 Å². The number of hydrogen-bond acceptors (Lipinski definition) is 6. The first kappa shape index (κ1) is 23.5. The zero-order valence-electron chi connectivity index (χ0n) is 18.3. The minimum absolute atomic E-state index is 0.179. The number of esters is 1. The molecular formula is C24H27NO6S. The van der Waals surface area contributed by atoms with Gasteiger partial charge in [0.2, 0.25) is 10.0 Å². The Morgan fingerprint density at radius 2 is 1.84 bits per heavy atom. The number of hydrogen-bond donors (Lipinski definition) is 1. The molecule has 0 aliphatic heterocycles. The summed E-state index contributed by atoms with van der Waals surface area (Å²) in [6, 6.07) is 14.2. The van der Waals surface area contributed by atoms with E-state index in [2.05, 4.69) is 4.72 Å². The third-order valence-electron chi connectivity index (χ3n) is 5.16. The minimum atomic E-state index is -3.44. The Balaban J connectivity index is 2.05. The maximum Gasteiger partial charge on any atom is 0.317 e. The largest absolute Gasteiger partial charge is 0.494 e. The number of para-hydroxylation sites is 1. The molecule has 32 heavy (non-hydrogen) atoms. The third kappa shape index (κ3) is 5.56. The van der Waals surface area contributed by atoms with Crippen LogP contribution >= 0.6 is 0 Å². The van der Waals surface area contributed by atoms with Crippen LogP contribution in [0.1, 0.15) is 37.3 Å². The van der Waals surface area contributed by atoms with Crippen molar-refractivity contribution >= 4 is 33.0 Å². The quantitative estimate of drug-likeness (QED) is 0.479. The van der Waals surface area contributed by atoms with E-state index in [1.165, 1.54) is 6.08 Å². The molecule has 2 atom stereocenters. The van der Waals surface area contributed by atoms with Crippen LogP contribution < -0.4 is 9.46 Å². The van der Waals surface area contributed by atoms with Crippen LogP contribution in [0, 0.1) is 5.92 Å². The molecule has 8 heteroatoms. The molecule has 170 valence electrons. The van der Waals surface area contributed by atoms with Crippen molar-refractivity contribution in [3.8, 4) is 5.75 Å². The topological polar surface area (TPSA) is 98.8 Å². The van der Waals surface area contributed by atoms with Crippen molar-refractivity contribution in [1.82, 2.24) is 0 Å². The second-order valence-electron chi connectivity index (χ2n) is 7.54. The summed E-state index contributed by atoms with van der Waals surface area (Å²) in [7, 11) is -3.44. The van der Waals surface area contributed by atoms with Gasteiger partial charge in [-0.05, 0) is 61.2 Å². The monoisotopic (exact) mass is 457 g/mol. The van der Waals surface area contributed by atoms with Gasteiger partial charge in [-0.2, -0.15) is 0 Å². The fraction of sp³-hybridized carbons (Fsp3) is 0.333. The Morgan fingerprint density at radius 1 is 1.09 bits per heavy atom. The Labute approximate surface area is 188 Å². The van der Waals surface area contributed by atoms with Crippen molar-refractivity contribution in [2.24, 2.45) is 5.92 Å². The van der Waals surface area contributed by atoms with Gasteiger partial charge in [-0.15, -0.1) is 0 Å². The molecule has 0 fully saturated rings. The Kier molecular flexibility index (Phi) is 7.35. The summed E-state index contributed by atoms with van der Waals surface area (Å²) < 4.78 is 36.7. The average Bonchev–Trinajstić information content (AvgIpc) is 2.73. The van der Waals surface area contributed by atoms with Gasteiger partial charge in [-0.1, -0.05) is 30.3 Å². The molecule has 0 saturated carbocycles. The molecule has 0 unspecified atom stereocenters. The third-order valence-corrected chi connectivity index (χ3v) is 5.77. The van der Waals surface area contributed by atoms with Gasteiger partial charge >= 0.3 is 5.97 Å². The van der Waals surface area contributed by atoms with Gasteiger partial charge in [0, 0.05) is 11.6 Å². The van der Waals surface area contributed by atoms with E-state index < -0.39 is 27.8 Å². The maximum atomic E-state index is 13.1. The second kappa shape index (κ2) is 9.99. The highest BCUT2D eigenvalue weighted by atomic mass is 32.2. The van der Waals surface area contributed by atoms with E-state index >= 15 is 0 Å². The second-order valence-corrected chi connectivity index (χ2v) is 9.29. The van der Waals surface area contributed by atoms with Crippen molar-refractivity contribution < 1.29 is 27.5 Å². The summed E-state index contributed by atoms with van der Waals surface area (Å²) in [4.78, 5) is 25.9. The number of anilines is 1. The Bertz CT molecular complexity index is 1140. The summed E-state index contributed by atoms with van der Waals surface area (Å²) in [5.41, 5.74) is 2.58. The highest BCUT2D eigenvalue weighted by molar-refractivity contribution is 7.92. The number of rotatable bonds is 8. The van der Waals surface area contributed by atoms with Crippen molar-refractivity contribution in [2.45, 2.75) is 26.2 Å². The van der Waals surface area contributed by atoms with E-state index in [-0.39, 0.29) is 12.4 Å². The van der Waals surface area contributed by atoms with Gasteiger partial charge in [0.05, 0.1) is 19.5 Å². The Hall–Kier alpha value is -3.13. The number of nitrogens with one attached hydrogen (secondary N) is 1. The number of carbonyl (C=O) groups is 2. The van der Waals surface area contributed by atoms with E-state index in [0.29, 0.717) is 35.6 Å². The summed E-state index contributed by atoms with van der Waals surface area (Å²) in [5.74, 6) is -1.73. The van der Waals surface area contributed by atoms with Crippen molar-refractivity contribution in [3.63, 3.8) is 0 Å². The first-order valence-corrected chi connectivity index (χ1v) is 12.3. The van der Waals surface area contributed by atoms with Gasteiger partial charge in [0.25, 0.3) is 0 Å². The molecule has 0 bridgehead atoms. The minimum Gasteiger partial charge on any atom is -0.494 e. The molecule has 1 aliphatic rings. The number of ketones is 1. The number of ether oxygens (including phenoxy) is 2. The molecule has 2 aromatic carbocycles. The van der Waals surface area contributed by atoms with E-state index in [0.717, 1.165) is 11.8 Å². The molecule has 1 N–H and O–H groups in total. The lowest BCUT2D eigenvalue weighted by molar-refractivity contribution is -0.151. The molecule has 0 saturated heterocycles. The molecule has 0 radical (unpaired) electrons. The fourth-order valence-electron chi connectivity index (χ4n) is 3.95. The molecule has 2 aromatic rings. The molecule has 0 heterocycles. The van der Waals surface area contributed by atoms with Crippen molar-refractivity contribution in [1.29, 1.82) is 0 Å². The highest BCUT2D eigenvalue weighted by Crippen LogP contribution is 2.43. The normalized spacial score (nSPS) is 18.6. The molecule has 0 spiro atoms. The first-order valence-electron chi connectivity index (χ1n) is 10.4. The van der Waals surface area contributed by atoms with Gasteiger partial charge in [0.15, 0.2) is 5.78 Å². The lowest BCUT2D eigenvalue weighted by Crippen LogP contribution is -2.34. The van der Waals surface area contributed by atoms with Crippen molar-refractivity contribution in [3.05, 3.63) is 65.7 Å². The van der Waals surface area contributed by atoms with Crippen molar-refractivity contribution in [2.75, 3.05) is 24.2 Å². The SMILES string of the molecule is CCOC(=O)[C@H]1C(=O)C=C(c2cccc(NS(C)(=O)=O)c2)C[C@H]1c1ccccc1OCC. The fourth-order valence-corrected chi connectivity index (χ4v) is 4.50. The van der Waals surface area contributed by atoms with Gasteiger partial charge < -0.3 is 9.47 Å². The lowest BCUT2D eigenvalue weighted by Gasteiger charge is -2.30. The Morgan fingerprint density at radius 3 is 2.53 bits per heavy atom. The lowest BCUT2D eigenvalue weighted by atomic mass is 9.73. The van der Waals surface area contributed by atoms with Crippen LogP contribution in [0.5, 0.6) is 5.75 Å². The molecule has 0 aromatic heterocycles. The van der Waals surface area contributed by atoms with Crippen LogP contribution in [0.4, 0.5) is 5.69 Å². The van der Waals surface area contributed by atoms with Crippen LogP contribution in [0.15, 0.2) is 54.6 Å². The van der Waals surface area contributed by atoms with E-state index in [1.54, 1.807) is 25.1 Å². The van der Waals surface area contributed by atoms with Crippen LogP contribution in [-0.4, -0.2) is 39.6 Å². The van der Waals surface area contributed by atoms with Gasteiger partial charge in [-0.3, -0.25) is 14.3 Å². The summed E-state index contributed by atoms with van der Waals surface area (Å²) in [5, 5.41) is 0. The summed E-state index contributed by atoms with van der Waals surface area (Å²) in [6.07, 6.45) is 2.93. The maximum absolute atomic E-state index is 13.1. The van der Waals surface area contributed by atoms with E-state index in [9.17, 15) is 18.0 Å². The predicted octanol–water partition coefficient (Wildman–Crippen LogP) is 3.78.